The van der Waals surface area contributed by atoms with Crippen molar-refractivity contribution in [3.63, 3.8) is 0 Å². The van der Waals surface area contributed by atoms with Crippen LogP contribution < -0.4 is 9.47 Å². The Balaban J connectivity index is 2.36. The number of rotatable bonds is 6. The molecule has 29 heavy (non-hydrogen) atoms. The fourth-order valence-corrected chi connectivity index (χ4v) is 2.26. The lowest BCUT2D eigenvalue weighted by molar-refractivity contribution is -0.275. The third kappa shape index (κ3) is 7.60. The number of carbonyl (C=O) groups is 1. The molecule has 1 N–H and O–H groups in total. The molecule has 0 amide bonds. The number of benzene rings is 2. The maximum Gasteiger partial charge on any atom is 0.573 e. The SMILES string of the molecule is O=C(O)/C=C/C=C(c1ccc(OC(F)(F)F)cc1)c1ccc(OC(F)(F)F)cc1. The summed E-state index contributed by atoms with van der Waals surface area (Å²) in [4.78, 5) is 10.6. The average molecular weight is 418 g/mol. The molecule has 2 aromatic carbocycles. The lowest BCUT2D eigenvalue weighted by Gasteiger charge is -2.12. The third-order valence-electron chi connectivity index (χ3n) is 3.30. The first-order valence-corrected chi connectivity index (χ1v) is 7.76. The molecule has 2 rings (SSSR count). The minimum atomic E-state index is -4.86. The zero-order chi connectivity index (χ0) is 21.7. The standard InChI is InChI=1S/C19H12F6O4/c20-18(21,22)28-14-8-4-12(5-9-14)16(2-1-3-17(26)27)13-6-10-15(11-7-13)29-19(23,24)25/h1-11H,(H,26,27)/b3-1+. The summed E-state index contributed by atoms with van der Waals surface area (Å²) in [5, 5.41) is 8.69. The maximum absolute atomic E-state index is 12.3. The Morgan fingerprint density at radius 3 is 1.45 bits per heavy atom. The van der Waals surface area contributed by atoms with Crippen LogP contribution in [-0.4, -0.2) is 23.8 Å². The van der Waals surface area contributed by atoms with Crippen LogP contribution in [-0.2, 0) is 4.79 Å². The molecule has 0 unspecified atom stereocenters. The molecule has 154 valence electrons. The summed E-state index contributed by atoms with van der Waals surface area (Å²) in [5.74, 6) is -2.16. The van der Waals surface area contributed by atoms with E-state index in [4.69, 9.17) is 5.11 Å². The van der Waals surface area contributed by atoms with Crippen molar-refractivity contribution in [1.29, 1.82) is 0 Å². The highest BCUT2D eigenvalue weighted by Crippen LogP contribution is 2.30. The van der Waals surface area contributed by atoms with Crippen molar-refractivity contribution in [1.82, 2.24) is 0 Å². The zero-order valence-electron chi connectivity index (χ0n) is 14.3. The second kappa shape index (κ2) is 8.72. The molecule has 0 radical (unpaired) electrons. The Bertz CT molecular complexity index is 833. The molecule has 0 fully saturated rings. The van der Waals surface area contributed by atoms with Crippen molar-refractivity contribution >= 4 is 11.5 Å². The molecule has 10 heteroatoms. The van der Waals surface area contributed by atoms with Crippen molar-refractivity contribution < 1.29 is 45.7 Å². The van der Waals surface area contributed by atoms with Crippen LogP contribution in [0.25, 0.3) is 5.57 Å². The highest BCUT2D eigenvalue weighted by Gasteiger charge is 2.31. The summed E-state index contributed by atoms with van der Waals surface area (Å²) in [6.45, 7) is 0. The smallest absolute Gasteiger partial charge is 0.478 e. The van der Waals surface area contributed by atoms with Gasteiger partial charge in [-0.25, -0.2) is 4.79 Å². The summed E-state index contributed by atoms with van der Waals surface area (Å²) in [5.41, 5.74) is 1.10. The number of allylic oxidation sites excluding steroid dienone is 2. The van der Waals surface area contributed by atoms with Crippen LogP contribution in [0.5, 0.6) is 11.5 Å². The molecule has 0 saturated carbocycles. The molecule has 0 spiro atoms. The van der Waals surface area contributed by atoms with Crippen LogP contribution in [0.1, 0.15) is 11.1 Å². The number of hydrogen-bond acceptors (Lipinski definition) is 3. The van der Waals surface area contributed by atoms with E-state index < -0.39 is 30.2 Å². The summed E-state index contributed by atoms with van der Waals surface area (Å²) < 4.78 is 81.2. The number of halogens is 6. The summed E-state index contributed by atoms with van der Waals surface area (Å²) in [7, 11) is 0. The zero-order valence-corrected chi connectivity index (χ0v) is 14.3. The normalized spacial score (nSPS) is 11.9. The van der Waals surface area contributed by atoms with E-state index in [-0.39, 0.29) is 0 Å². The summed E-state index contributed by atoms with van der Waals surface area (Å²) >= 11 is 0. The quantitative estimate of drug-likeness (QED) is 0.379. The van der Waals surface area contributed by atoms with Gasteiger partial charge in [-0.3, -0.25) is 0 Å². The van der Waals surface area contributed by atoms with Crippen molar-refractivity contribution in [2.45, 2.75) is 12.7 Å². The van der Waals surface area contributed by atoms with Crippen molar-refractivity contribution in [3.8, 4) is 11.5 Å². The van der Waals surface area contributed by atoms with E-state index in [1.807, 2.05) is 0 Å². The minimum Gasteiger partial charge on any atom is -0.478 e. The summed E-state index contributed by atoms with van der Waals surface area (Å²) in [6.07, 6.45) is -6.37. The van der Waals surface area contributed by atoms with Gasteiger partial charge in [-0.2, -0.15) is 0 Å². The lowest BCUT2D eigenvalue weighted by Crippen LogP contribution is -2.17. The van der Waals surface area contributed by atoms with E-state index in [0.29, 0.717) is 16.7 Å². The third-order valence-corrected chi connectivity index (χ3v) is 3.30. The molecular formula is C19H12F6O4. The van der Waals surface area contributed by atoms with Gasteiger partial charge in [0.2, 0.25) is 0 Å². The average Bonchev–Trinajstić information content (AvgIpc) is 2.58. The molecular weight excluding hydrogens is 406 g/mol. The molecule has 0 aliphatic carbocycles. The number of hydrogen-bond donors (Lipinski definition) is 1. The first-order chi connectivity index (χ1) is 13.4. The van der Waals surface area contributed by atoms with E-state index in [1.54, 1.807) is 0 Å². The predicted molar refractivity (Wildman–Crippen MR) is 90.1 cm³/mol. The van der Waals surface area contributed by atoms with Crippen molar-refractivity contribution in [2.24, 2.45) is 0 Å². The number of carboxylic acid groups (broad SMARTS) is 1. The minimum absolute atomic E-state index is 0.347. The molecule has 0 aromatic heterocycles. The fourth-order valence-electron chi connectivity index (χ4n) is 2.26. The van der Waals surface area contributed by atoms with Gasteiger partial charge in [0.05, 0.1) is 0 Å². The van der Waals surface area contributed by atoms with Gasteiger partial charge in [-0.15, -0.1) is 26.3 Å². The molecule has 0 saturated heterocycles. The van der Waals surface area contributed by atoms with Gasteiger partial charge in [-0.1, -0.05) is 36.4 Å². The van der Waals surface area contributed by atoms with Gasteiger partial charge in [0.1, 0.15) is 11.5 Å². The molecule has 0 aliphatic heterocycles. The van der Waals surface area contributed by atoms with Crippen LogP contribution in [0.2, 0.25) is 0 Å². The van der Waals surface area contributed by atoms with Gasteiger partial charge in [0.15, 0.2) is 0 Å². The predicted octanol–water partition coefficient (Wildman–Crippen LogP) is 5.56. The van der Waals surface area contributed by atoms with E-state index >= 15 is 0 Å². The van der Waals surface area contributed by atoms with Crippen molar-refractivity contribution in [3.05, 3.63) is 77.9 Å². The molecule has 0 aliphatic rings. The molecule has 0 heterocycles. The topological polar surface area (TPSA) is 55.8 Å². The Labute approximate surface area is 160 Å². The van der Waals surface area contributed by atoms with Gasteiger partial charge >= 0.3 is 18.7 Å². The summed E-state index contributed by atoms with van der Waals surface area (Å²) in [6, 6.07) is 9.39. The maximum atomic E-state index is 12.3. The second-order valence-electron chi connectivity index (χ2n) is 5.42. The highest BCUT2D eigenvalue weighted by atomic mass is 19.4. The van der Waals surface area contributed by atoms with E-state index in [9.17, 15) is 31.1 Å². The largest absolute Gasteiger partial charge is 0.573 e. The van der Waals surface area contributed by atoms with Crippen LogP contribution in [0, 0.1) is 0 Å². The molecule has 4 nitrogen and oxygen atoms in total. The van der Waals surface area contributed by atoms with Crippen molar-refractivity contribution in [2.75, 3.05) is 0 Å². The van der Waals surface area contributed by atoms with Gasteiger partial charge in [-0.05, 0) is 41.0 Å². The number of ether oxygens (including phenoxy) is 2. The lowest BCUT2D eigenvalue weighted by atomic mass is 9.97. The van der Waals surface area contributed by atoms with Gasteiger partial charge in [0.25, 0.3) is 0 Å². The first-order valence-electron chi connectivity index (χ1n) is 7.76. The van der Waals surface area contributed by atoms with E-state index in [2.05, 4.69) is 9.47 Å². The first kappa shape index (κ1) is 21.9. The van der Waals surface area contributed by atoms with E-state index in [0.717, 1.165) is 30.3 Å². The number of carboxylic acids is 1. The van der Waals surface area contributed by atoms with E-state index in [1.165, 1.54) is 36.4 Å². The monoisotopic (exact) mass is 418 g/mol. The Morgan fingerprint density at radius 1 is 0.759 bits per heavy atom. The number of alkyl halides is 6. The van der Waals surface area contributed by atoms with Gasteiger partial charge in [0, 0.05) is 6.08 Å². The Morgan fingerprint density at radius 2 is 1.14 bits per heavy atom. The van der Waals surface area contributed by atoms with Crippen LogP contribution in [0.4, 0.5) is 26.3 Å². The fraction of sp³-hybridized carbons (Fsp3) is 0.105. The van der Waals surface area contributed by atoms with Crippen LogP contribution >= 0.6 is 0 Å². The Kier molecular flexibility index (Phi) is 6.57. The van der Waals surface area contributed by atoms with Gasteiger partial charge < -0.3 is 14.6 Å². The highest BCUT2D eigenvalue weighted by molar-refractivity contribution is 5.84. The van der Waals surface area contributed by atoms with Crippen LogP contribution in [0.15, 0.2) is 66.8 Å². The second-order valence-corrected chi connectivity index (χ2v) is 5.42. The molecule has 0 atom stereocenters. The number of aliphatic carboxylic acids is 1. The Hall–Kier alpha value is -3.43. The molecule has 0 bridgehead atoms. The molecule has 2 aromatic rings. The van der Waals surface area contributed by atoms with Crippen LogP contribution in [0.3, 0.4) is 0 Å².